The molecule has 204 valence electrons. The molecule has 3 atom stereocenters. The predicted octanol–water partition coefficient (Wildman–Crippen LogP) is 5.47. The van der Waals surface area contributed by atoms with E-state index in [9.17, 15) is 4.79 Å². The van der Waals surface area contributed by atoms with Crippen LogP contribution in [0.3, 0.4) is 0 Å². The van der Waals surface area contributed by atoms with Crippen molar-refractivity contribution in [2.24, 2.45) is 10.1 Å². The van der Waals surface area contributed by atoms with Gasteiger partial charge >= 0.3 is 5.97 Å². The third-order valence-corrected chi connectivity index (χ3v) is 10.0. The highest BCUT2D eigenvalue weighted by atomic mass is 32.2. The molecule has 4 aromatic rings. The van der Waals surface area contributed by atoms with E-state index in [-0.39, 0.29) is 5.57 Å². The molecule has 41 heavy (non-hydrogen) atoms. The third-order valence-electron chi connectivity index (χ3n) is 7.48. The minimum atomic E-state index is -4.51. The smallest absolute Gasteiger partial charge is 0.337 e. The first-order valence-electron chi connectivity index (χ1n) is 13.1. The van der Waals surface area contributed by atoms with Gasteiger partial charge in [0.2, 0.25) is 4.75 Å². The van der Waals surface area contributed by atoms with Gasteiger partial charge in [-0.1, -0.05) is 109 Å². The van der Waals surface area contributed by atoms with Crippen LogP contribution in [0.15, 0.2) is 138 Å². The zero-order valence-corrected chi connectivity index (χ0v) is 23.1. The number of sulfone groups is 1. The molecule has 0 fully saturated rings. The van der Waals surface area contributed by atoms with Gasteiger partial charge in [-0.3, -0.25) is 10.0 Å². The van der Waals surface area contributed by atoms with Crippen molar-refractivity contribution in [1.29, 1.82) is 0 Å². The van der Waals surface area contributed by atoms with Crippen molar-refractivity contribution in [2.45, 2.75) is 16.0 Å². The highest BCUT2D eigenvalue weighted by molar-refractivity contribution is 7.96. The summed E-state index contributed by atoms with van der Waals surface area (Å²) < 4.78 is 33.7. The second-order valence-corrected chi connectivity index (χ2v) is 12.0. The Morgan fingerprint density at radius 2 is 1.32 bits per heavy atom. The zero-order valence-electron chi connectivity index (χ0n) is 22.2. The summed E-state index contributed by atoms with van der Waals surface area (Å²) in [5.41, 5.74) is 3.23. The van der Waals surface area contributed by atoms with Crippen LogP contribution in [0.5, 0.6) is 0 Å². The first-order valence-corrected chi connectivity index (χ1v) is 14.7. The molecular formula is C33H27N3O4S. The van der Waals surface area contributed by atoms with Gasteiger partial charge in [0.1, 0.15) is 11.3 Å². The Balaban J connectivity index is 1.63. The summed E-state index contributed by atoms with van der Waals surface area (Å²) in [7, 11) is -3.31. The maximum absolute atomic E-state index is 15.3. The molecule has 3 unspecified atom stereocenters. The lowest BCUT2D eigenvalue weighted by molar-refractivity contribution is -0.140. The van der Waals surface area contributed by atoms with Gasteiger partial charge in [0.25, 0.3) is 0 Å². The maximum atomic E-state index is 15.3. The number of aliphatic imine (C=N–C) groups is 1. The lowest BCUT2D eigenvalue weighted by Crippen LogP contribution is -2.55. The van der Waals surface area contributed by atoms with Crippen molar-refractivity contribution in [3.63, 3.8) is 0 Å². The maximum Gasteiger partial charge on any atom is 0.337 e. The van der Waals surface area contributed by atoms with Gasteiger partial charge in [0.05, 0.1) is 18.5 Å². The number of benzene rings is 4. The van der Waals surface area contributed by atoms with E-state index in [0.29, 0.717) is 16.8 Å². The van der Waals surface area contributed by atoms with Crippen LogP contribution < -0.4 is 5.01 Å². The fourth-order valence-corrected chi connectivity index (χ4v) is 8.06. The van der Waals surface area contributed by atoms with Crippen molar-refractivity contribution in [3.8, 4) is 0 Å². The molecule has 2 aliphatic rings. The summed E-state index contributed by atoms with van der Waals surface area (Å²) in [4.78, 5) is 18.0. The normalized spacial score (nSPS) is 21.8. The molecule has 2 aliphatic heterocycles. The third kappa shape index (κ3) is 4.28. The molecule has 6 rings (SSSR count). The Bertz CT molecular complexity index is 1760. The molecule has 0 radical (unpaired) electrons. The second-order valence-electron chi connectivity index (χ2n) is 9.77. The fraction of sp³-hybridized carbons (Fsp3) is 0.121. The number of rotatable bonds is 7. The summed E-state index contributed by atoms with van der Waals surface area (Å²) in [6.45, 7) is 0. The highest BCUT2D eigenvalue weighted by Crippen LogP contribution is 2.47. The SMILES string of the molecule is COC(=O)C1(S(=O)(=O)C2C(c3ccccc3)=NN(c3ccccc3)C2c2ccccc2)C=NC=C1c1ccccc1. The quantitative estimate of drug-likeness (QED) is 0.279. The van der Waals surface area contributed by atoms with Crippen molar-refractivity contribution in [3.05, 3.63) is 144 Å². The first-order chi connectivity index (χ1) is 20.0. The van der Waals surface area contributed by atoms with Crippen LogP contribution in [-0.4, -0.2) is 43.4 Å². The molecule has 2 heterocycles. The highest BCUT2D eigenvalue weighted by Gasteiger charge is 2.63. The number of anilines is 1. The zero-order chi connectivity index (χ0) is 28.5. The van der Waals surface area contributed by atoms with Gasteiger partial charge in [-0.15, -0.1) is 0 Å². The molecule has 0 amide bonds. The van der Waals surface area contributed by atoms with E-state index in [1.807, 2.05) is 97.1 Å². The topological polar surface area (TPSA) is 88.4 Å². The van der Waals surface area contributed by atoms with Crippen LogP contribution in [0.25, 0.3) is 5.57 Å². The number of hydrogen-bond acceptors (Lipinski definition) is 7. The molecule has 0 N–H and O–H groups in total. The molecule has 7 nitrogen and oxygen atoms in total. The largest absolute Gasteiger partial charge is 0.467 e. The van der Waals surface area contributed by atoms with Crippen LogP contribution in [0.4, 0.5) is 5.69 Å². The van der Waals surface area contributed by atoms with E-state index < -0.39 is 31.8 Å². The predicted molar refractivity (Wildman–Crippen MR) is 161 cm³/mol. The lowest BCUT2D eigenvalue weighted by Gasteiger charge is -2.34. The van der Waals surface area contributed by atoms with Crippen LogP contribution >= 0.6 is 0 Å². The van der Waals surface area contributed by atoms with E-state index in [1.165, 1.54) is 19.5 Å². The van der Waals surface area contributed by atoms with Crippen LogP contribution in [0, 0.1) is 0 Å². The van der Waals surface area contributed by atoms with Crippen molar-refractivity contribution in [1.82, 2.24) is 0 Å². The van der Waals surface area contributed by atoms with Gasteiger partial charge in [0.15, 0.2) is 9.84 Å². The minimum Gasteiger partial charge on any atom is -0.467 e. The summed E-state index contributed by atoms with van der Waals surface area (Å²) in [5.74, 6) is -0.925. The van der Waals surface area contributed by atoms with Crippen LogP contribution in [0.1, 0.15) is 22.7 Å². The Morgan fingerprint density at radius 3 is 1.90 bits per heavy atom. The Morgan fingerprint density at radius 1 is 0.780 bits per heavy atom. The van der Waals surface area contributed by atoms with Crippen molar-refractivity contribution in [2.75, 3.05) is 12.1 Å². The average Bonchev–Trinajstić information content (AvgIpc) is 3.67. The lowest BCUT2D eigenvalue weighted by atomic mass is 9.94. The summed E-state index contributed by atoms with van der Waals surface area (Å²) in [5, 5.41) is 5.45. The van der Waals surface area contributed by atoms with Crippen molar-refractivity contribution < 1.29 is 17.9 Å². The molecule has 8 heteroatoms. The number of hydrogen-bond donors (Lipinski definition) is 0. The van der Waals surface area contributed by atoms with Gasteiger partial charge < -0.3 is 4.74 Å². The summed E-state index contributed by atoms with van der Waals surface area (Å²) in [6.07, 6.45) is 2.64. The fourth-order valence-electron chi connectivity index (χ4n) is 5.57. The van der Waals surface area contributed by atoms with E-state index in [4.69, 9.17) is 9.84 Å². The van der Waals surface area contributed by atoms with Crippen molar-refractivity contribution >= 4 is 39.0 Å². The number of methoxy groups -OCH3 is 1. The van der Waals surface area contributed by atoms with Crippen LogP contribution in [-0.2, 0) is 19.4 Å². The molecule has 0 aliphatic carbocycles. The molecule has 0 saturated heterocycles. The Hall–Kier alpha value is -4.82. The Kier molecular flexibility index (Phi) is 6.85. The number of para-hydroxylation sites is 1. The van der Waals surface area contributed by atoms with E-state index in [2.05, 4.69) is 4.99 Å². The van der Waals surface area contributed by atoms with Gasteiger partial charge in [-0.05, 0) is 28.8 Å². The number of carbonyl (C=O) groups excluding carboxylic acids is 1. The molecule has 0 spiro atoms. The Labute approximate surface area is 239 Å². The van der Waals surface area contributed by atoms with Gasteiger partial charge in [-0.25, -0.2) is 13.2 Å². The monoisotopic (exact) mass is 561 g/mol. The van der Waals surface area contributed by atoms with E-state index in [1.54, 1.807) is 29.3 Å². The summed E-state index contributed by atoms with van der Waals surface area (Å²) >= 11 is 0. The van der Waals surface area contributed by atoms with Gasteiger partial charge in [-0.2, -0.15) is 5.10 Å². The second kappa shape index (κ2) is 10.6. The van der Waals surface area contributed by atoms with E-state index in [0.717, 1.165) is 11.3 Å². The summed E-state index contributed by atoms with van der Waals surface area (Å²) in [6, 6.07) is 36.2. The molecule has 4 aromatic carbocycles. The number of ether oxygens (including phenoxy) is 1. The average molecular weight is 562 g/mol. The molecular weight excluding hydrogens is 534 g/mol. The number of carbonyl (C=O) groups is 1. The molecule has 0 bridgehead atoms. The number of nitrogens with zero attached hydrogens (tertiary/aromatic N) is 3. The van der Waals surface area contributed by atoms with E-state index >= 15 is 8.42 Å². The van der Waals surface area contributed by atoms with Gasteiger partial charge in [0, 0.05) is 18.0 Å². The standard InChI is InChI=1S/C33H27N3O4S/c1-40-32(37)33(23-34-22-28(33)24-14-6-2-7-15-24)41(38,39)31-29(25-16-8-3-9-17-25)35-36(27-20-12-5-13-21-27)30(31)26-18-10-4-11-19-26/h2-23,30-31H,1H3. The first kappa shape index (κ1) is 26.4. The minimum absolute atomic E-state index is 0.238. The number of hydrazone groups is 1. The molecule has 0 aromatic heterocycles. The van der Waals surface area contributed by atoms with Crippen LogP contribution in [0.2, 0.25) is 0 Å². The molecule has 0 saturated carbocycles. The number of esters is 1.